The third kappa shape index (κ3) is 3.60. The summed E-state index contributed by atoms with van der Waals surface area (Å²) in [6.07, 6.45) is 3.16. The van der Waals surface area contributed by atoms with E-state index in [0.29, 0.717) is 22.4 Å². The van der Waals surface area contributed by atoms with E-state index in [4.69, 9.17) is 4.74 Å². The molecule has 1 amide bonds. The van der Waals surface area contributed by atoms with Gasteiger partial charge in [-0.15, -0.1) is 11.3 Å². The Kier molecular flexibility index (Phi) is 5.70. The molecule has 21 heavy (non-hydrogen) atoms. The number of carbonyl (C=O) groups excluding carboxylic acids is 1. The molecule has 0 aliphatic carbocycles. The van der Waals surface area contributed by atoms with E-state index in [9.17, 15) is 9.18 Å². The van der Waals surface area contributed by atoms with Gasteiger partial charge in [-0.2, -0.15) is 0 Å². The SMILES string of the molecule is CCCCCNC(=O)c1sc2cccc(F)c2c1COC. The number of hydrogen-bond donors (Lipinski definition) is 1. The van der Waals surface area contributed by atoms with Crippen molar-refractivity contribution in [2.75, 3.05) is 13.7 Å². The summed E-state index contributed by atoms with van der Waals surface area (Å²) >= 11 is 1.32. The Balaban J connectivity index is 2.27. The minimum atomic E-state index is -0.305. The summed E-state index contributed by atoms with van der Waals surface area (Å²) in [5.74, 6) is -0.445. The quantitative estimate of drug-likeness (QED) is 0.782. The Hall–Kier alpha value is -1.46. The lowest BCUT2D eigenvalue weighted by atomic mass is 10.1. The molecule has 1 aromatic heterocycles. The molecule has 1 N–H and O–H groups in total. The number of benzene rings is 1. The van der Waals surface area contributed by atoms with Crippen LogP contribution < -0.4 is 5.32 Å². The van der Waals surface area contributed by atoms with E-state index in [1.54, 1.807) is 13.2 Å². The largest absolute Gasteiger partial charge is 0.380 e. The van der Waals surface area contributed by atoms with Crippen LogP contribution in [0.5, 0.6) is 0 Å². The fraction of sp³-hybridized carbons (Fsp3) is 0.438. The van der Waals surface area contributed by atoms with Crippen LogP contribution in [0.4, 0.5) is 4.39 Å². The maximum Gasteiger partial charge on any atom is 0.261 e. The molecule has 3 nitrogen and oxygen atoms in total. The van der Waals surface area contributed by atoms with Crippen LogP contribution in [-0.2, 0) is 11.3 Å². The molecule has 114 valence electrons. The van der Waals surface area contributed by atoms with Gasteiger partial charge < -0.3 is 10.1 Å². The van der Waals surface area contributed by atoms with Crippen molar-refractivity contribution >= 4 is 27.3 Å². The van der Waals surface area contributed by atoms with Gasteiger partial charge in [0.2, 0.25) is 0 Å². The highest BCUT2D eigenvalue weighted by molar-refractivity contribution is 7.21. The molecule has 0 atom stereocenters. The predicted octanol–water partition coefficient (Wildman–Crippen LogP) is 4.11. The molecule has 0 saturated heterocycles. The van der Waals surface area contributed by atoms with Crippen molar-refractivity contribution in [2.45, 2.75) is 32.8 Å². The van der Waals surface area contributed by atoms with Gasteiger partial charge in [-0.1, -0.05) is 25.8 Å². The van der Waals surface area contributed by atoms with E-state index in [-0.39, 0.29) is 18.3 Å². The Morgan fingerprint density at radius 3 is 2.90 bits per heavy atom. The molecular formula is C16H20FNO2S. The molecule has 0 saturated carbocycles. The Morgan fingerprint density at radius 1 is 1.38 bits per heavy atom. The first kappa shape index (κ1) is 15.9. The van der Waals surface area contributed by atoms with Gasteiger partial charge in [-0.05, 0) is 18.6 Å². The van der Waals surface area contributed by atoms with Gasteiger partial charge in [0.25, 0.3) is 5.91 Å². The molecule has 0 spiro atoms. The molecular weight excluding hydrogens is 289 g/mol. The number of amides is 1. The van der Waals surface area contributed by atoms with E-state index in [0.717, 1.165) is 24.0 Å². The number of unbranched alkanes of at least 4 members (excludes halogenated alkanes) is 2. The predicted molar refractivity (Wildman–Crippen MR) is 84.4 cm³/mol. The summed E-state index contributed by atoms with van der Waals surface area (Å²) in [5.41, 5.74) is 0.642. The first-order valence-corrected chi connectivity index (χ1v) is 7.97. The van der Waals surface area contributed by atoms with E-state index in [1.165, 1.54) is 17.4 Å². The van der Waals surface area contributed by atoms with Crippen LogP contribution >= 0.6 is 11.3 Å². The zero-order chi connectivity index (χ0) is 15.2. The van der Waals surface area contributed by atoms with E-state index >= 15 is 0 Å². The molecule has 1 heterocycles. The molecule has 0 aliphatic heterocycles. The second kappa shape index (κ2) is 7.52. The summed E-state index contributed by atoms with van der Waals surface area (Å²) < 4.78 is 19.9. The van der Waals surface area contributed by atoms with Crippen LogP contribution in [0.15, 0.2) is 18.2 Å². The lowest BCUT2D eigenvalue weighted by Crippen LogP contribution is -2.24. The third-order valence-electron chi connectivity index (χ3n) is 3.32. The number of methoxy groups -OCH3 is 1. The average Bonchev–Trinajstić information content (AvgIpc) is 2.84. The summed E-state index contributed by atoms with van der Waals surface area (Å²) in [6.45, 7) is 3.00. The van der Waals surface area contributed by atoms with Gasteiger partial charge >= 0.3 is 0 Å². The lowest BCUT2D eigenvalue weighted by molar-refractivity contribution is 0.0953. The number of rotatable bonds is 7. The van der Waals surface area contributed by atoms with Gasteiger partial charge in [0.05, 0.1) is 11.5 Å². The summed E-state index contributed by atoms with van der Waals surface area (Å²) in [6, 6.07) is 4.90. The molecule has 5 heteroatoms. The standard InChI is InChI=1S/C16H20FNO2S/c1-3-4-5-9-18-16(19)15-11(10-20-2)14-12(17)7-6-8-13(14)21-15/h6-8H,3-5,9-10H2,1-2H3,(H,18,19). The van der Waals surface area contributed by atoms with Crippen molar-refractivity contribution in [2.24, 2.45) is 0 Å². The second-order valence-corrected chi connectivity index (χ2v) is 5.97. The fourth-order valence-electron chi connectivity index (χ4n) is 2.29. The first-order chi connectivity index (χ1) is 10.2. The Morgan fingerprint density at radius 2 is 2.19 bits per heavy atom. The van der Waals surface area contributed by atoms with Gasteiger partial charge in [-0.25, -0.2) is 4.39 Å². The smallest absolute Gasteiger partial charge is 0.261 e. The number of halogens is 1. The summed E-state index contributed by atoms with van der Waals surface area (Å²) in [5, 5.41) is 3.41. The van der Waals surface area contributed by atoms with Crippen LogP contribution in [0.2, 0.25) is 0 Å². The molecule has 0 unspecified atom stereocenters. The Labute approximate surface area is 128 Å². The van der Waals surface area contributed by atoms with Crippen molar-refractivity contribution in [3.05, 3.63) is 34.5 Å². The normalized spacial score (nSPS) is 11.0. The second-order valence-electron chi connectivity index (χ2n) is 4.92. The minimum Gasteiger partial charge on any atom is -0.380 e. The van der Waals surface area contributed by atoms with Gasteiger partial charge in [0.15, 0.2) is 0 Å². The Bertz CT molecular complexity index is 624. The number of fused-ring (bicyclic) bond motifs is 1. The highest BCUT2D eigenvalue weighted by atomic mass is 32.1. The van der Waals surface area contributed by atoms with Crippen LogP contribution in [0.3, 0.4) is 0 Å². The first-order valence-electron chi connectivity index (χ1n) is 7.16. The molecule has 2 rings (SSSR count). The zero-order valence-electron chi connectivity index (χ0n) is 12.4. The van der Waals surface area contributed by atoms with Crippen molar-refractivity contribution in [1.29, 1.82) is 0 Å². The summed E-state index contributed by atoms with van der Waals surface area (Å²) in [7, 11) is 1.55. The summed E-state index contributed by atoms with van der Waals surface area (Å²) in [4.78, 5) is 12.9. The van der Waals surface area contributed by atoms with Crippen molar-refractivity contribution < 1.29 is 13.9 Å². The minimum absolute atomic E-state index is 0.140. The molecule has 1 aromatic carbocycles. The third-order valence-corrected chi connectivity index (χ3v) is 4.52. The van der Waals surface area contributed by atoms with Crippen LogP contribution in [-0.4, -0.2) is 19.6 Å². The highest BCUT2D eigenvalue weighted by Crippen LogP contribution is 2.33. The fourth-order valence-corrected chi connectivity index (χ4v) is 3.43. The zero-order valence-corrected chi connectivity index (χ0v) is 13.2. The maximum atomic E-state index is 14.0. The number of ether oxygens (including phenoxy) is 1. The molecule has 2 aromatic rings. The maximum absolute atomic E-state index is 14.0. The monoisotopic (exact) mass is 309 g/mol. The molecule has 0 bridgehead atoms. The molecule has 0 aliphatic rings. The van der Waals surface area contributed by atoms with Crippen LogP contribution in [0, 0.1) is 5.82 Å². The van der Waals surface area contributed by atoms with Gasteiger partial charge in [0, 0.05) is 29.3 Å². The highest BCUT2D eigenvalue weighted by Gasteiger charge is 2.20. The number of hydrogen-bond acceptors (Lipinski definition) is 3. The van der Waals surface area contributed by atoms with Gasteiger partial charge in [-0.3, -0.25) is 4.79 Å². The van der Waals surface area contributed by atoms with Crippen molar-refractivity contribution in [3.8, 4) is 0 Å². The van der Waals surface area contributed by atoms with E-state index in [2.05, 4.69) is 12.2 Å². The molecule has 0 fully saturated rings. The van der Waals surface area contributed by atoms with E-state index in [1.807, 2.05) is 6.07 Å². The van der Waals surface area contributed by atoms with Crippen molar-refractivity contribution in [1.82, 2.24) is 5.32 Å². The average molecular weight is 309 g/mol. The van der Waals surface area contributed by atoms with Crippen LogP contribution in [0.1, 0.15) is 41.4 Å². The number of thiophene rings is 1. The molecule has 0 radical (unpaired) electrons. The van der Waals surface area contributed by atoms with Crippen molar-refractivity contribution in [3.63, 3.8) is 0 Å². The van der Waals surface area contributed by atoms with Gasteiger partial charge in [0.1, 0.15) is 5.82 Å². The van der Waals surface area contributed by atoms with E-state index < -0.39 is 0 Å². The van der Waals surface area contributed by atoms with Crippen LogP contribution in [0.25, 0.3) is 10.1 Å². The lowest BCUT2D eigenvalue weighted by Gasteiger charge is -2.06. The topological polar surface area (TPSA) is 38.3 Å². The number of nitrogens with one attached hydrogen (secondary N) is 1. The number of carbonyl (C=O) groups is 1.